The number of carboxylic acid groups (broad SMARTS) is 1. The molecule has 14 heavy (non-hydrogen) atoms. The normalized spacial score (nSPS) is 11.7. The SMILES string of the molecule is Cc1cc(CC(F)(F)C(=O)O)nn1C. The molecule has 0 radical (unpaired) electrons. The van der Waals surface area contributed by atoms with Gasteiger partial charge in [0.15, 0.2) is 0 Å². The van der Waals surface area contributed by atoms with Crippen molar-refractivity contribution in [2.24, 2.45) is 7.05 Å². The van der Waals surface area contributed by atoms with Crippen LogP contribution in [0.15, 0.2) is 6.07 Å². The Morgan fingerprint density at radius 1 is 1.71 bits per heavy atom. The quantitative estimate of drug-likeness (QED) is 0.798. The van der Waals surface area contributed by atoms with Crippen molar-refractivity contribution in [2.75, 3.05) is 0 Å². The predicted molar refractivity (Wildman–Crippen MR) is 44.2 cm³/mol. The van der Waals surface area contributed by atoms with Gasteiger partial charge in [0.1, 0.15) is 0 Å². The van der Waals surface area contributed by atoms with Crippen molar-refractivity contribution < 1.29 is 18.7 Å². The average molecular weight is 204 g/mol. The molecule has 6 heteroatoms. The highest BCUT2D eigenvalue weighted by molar-refractivity contribution is 5.75. The van der Waals surface area contributed by atoms with Gasteiger partial charge in [-0.3, -0.25) is 4.68 Å². The molecule has 0 spiro atoms. The second-order valence-corrected chi connectivity index (χ2v) is 3.09. The van der Waals surface area contributed by atoms with Crippen molar-refractivity contribution in [1.29, 1.82) is 0 Å². The molecule has 1 N–H and O–H groups in total. The maximum Gasteiger partial charge on any atom is 0.374 e. The molecule has 4 nitrogen and oxygen atoms in total. The van der Waals surface area contributed by atoms with E-state index in [2.05, 4.69) is 5.10 Å². The number of rotatable bonds is 3. The van der Waals surface area contributed by atoms with Crippen LogP contribution in [0.2, 0.25) is 0 Å². The maximum absolute atomic E-state index is 12.7. The topological polar surface area (TPSA) is 55.1 Å². The number of aliphatic carboxylic acids is 1. The van der Waals surface area contributed by atoms with Crippen molar-refractivity contribution in [3.05, 3.63) is 17.5 Å². The van der Waals surface area contributed by atoms with Gasteiger partial charge in [-0.15, -0.1) is 0 Å². The van der Waals surface area contributed by atoms with Crippen molar-refractivity contribution in [1.82, 2.24) is 9.78 Å². The lowest BCUT2D eigenvalue weighted by molar-refractivity contribution is -0.164. The summed E-state index contributed by atoms with van der Waals surface area (Å²) in [6.07, 6.45) is -0.871. The van der Waals surface area contributed by atoms with E-state index < -0.39 is 18.3 Å². The van der Waals surface area contributed by atoms with E-state index in [1.54, 1.807) is 14.0 Å². The molecule has 0 fully saturated rings. The summed E-state index contributed by atoms with van der Waals surface area (Å²) in [7, 11) is 1.61. The molecule has 1 aromatic rings. The molecule has 0 aliphatic carbocycles. The average Bonchev–Trinajstić information content (AvgIpc) is 2.29. The third-order valence-corrected chi connectivity index (χ3v) is 1.88. The zero-order valence-corrected chi connectivity index (χ0v) is 7.79. The van der Waals surface area contributed by atoms with Gasteiger partial charge in [0.25, 0.3) is 0 Å². The number of alkyl halides is 2. The van der Waals surface area contributed by atoms with E-state index in [-0.39, 0.29) is 5.69 Å². The lowest BCUT2D eigenvalue weighted by Crippen LogP contribution is -2.30. The molecule has 1 aromatic heterocycles. The van der Waals surface area contributed by atoms with Crippen molar-refractivity contribution >= 4 is 5.97 Å². The van der Waals surface area contributed by atoms with Crippen LogP contribution in [0.3, 0.4) is 0 Å². The number of nitrogens with zero attached hydrogens (tertiary/aromatic N) is 2. The van der Waals surface area contributed by atoms with Crippen LogP contribution in [0.4, 0.5) is 8.78 Å². The largest absolute Gasteiger partial charge is 0.477 e. The Kier molecular flexibility index (Phi) is 2.55. The highest BCUT2D eigenvalue weighted by Crippen LogP contribution is 2.19. The van der Waals surface area contributed by atoms with Crippen LogP contribution in [0.5, 0.6) is 0 Å². The number of aromatic nitrogens is 2. The summed E-state index contributed by atoms with van der Waals surface area (Å²) in [5.41, 5.74) is 0.790. The Bertz CT molecular complexity index is 341. The molecule has 0 aliphatic heterocycles. The molecule has 0 unspecified atom stereocenters. The van der Waals surface area contributed by atoms with Crippen LogP contribution in [0.1, 0.15) is 11.4 Å². The minimum atomic E-state index is -3.75. The Morgan fingerprint density at radius 3 is 2.64 bits per heavy atom. The van der Waals surface area contributed by atoms with E-state index in [1.807, 2.05) is 0 Å². The van der Waals surface area contributed by atoms with E-state index >= 15 is 0 Å². The van der Waals surface area contributed by atoms with E-state index in [1.165, 1.54) is 10.7 Å². The number of hydrogen-bond donors (Lipinski definition) is 1. The first-order chi connectivity index (χ1) is 6.33. The summed E-state index contributed by atoms with van der Waals surface area (Å²) >= 11 is 0. The van der Waals surface area contributed by atoms with Crippen molar-refractivity contribution in [3.8, 4) is 0 Å². The summed E-state index contributed by atoms with van der Waals surface area (Å²) in [6, 6.07) is 1.44. The Balaban J connectivity index is 2.84. The van der Waals surface area contributed by atoms with Gasteiger partial charge in [-0.05, 0) is 13.0 Å². The lowest BCUT2D eigenvalue weighted by Gasteiger charge is -2.07. The number of aryl methyl sites for hydroxylation is 2. The van der Waals surface area contributed by atoms with Gasteiger partial charge in [0.2, 0.25) is 0 Å². The molecule has 0 saturated heterocycles. The third kappa shape index (κ3) is 2.07. The summed E-state index contributed by atoms with van der Waals surface area (Å²) in [4.78, 5) is 10.1. The zero-order chi connectivity index (χ0) is 10.9. The van der Waals surface area contributed by atoms with Crippen LogP contribution >= 0.6 is 0 Å². The smallest absolute Gasteiger partial charge is 0.374 e. The summed E-state index contributed by atoms with van der Waals surface area (Å²) in [5, 5.41) is 11.9. The summed E-state index contributed by atoms with van der Waals surface area (Å²) < 4.78 is 26.9. The third-order valence-electron chi connectivity index (χ3n) is 1.88. The first-order valence-electron chi connectivity index (χ1n) is 3.93. The second kappa shape index (κ2) is 3.36. The van der Waals surface area contributed by atoms with Gasteiger partial charge in [0, 0.05) is 12.7 Å². The number of hydrogen-bond acceptors (Lipinski definition) is 2. The molecule has 1 rings (SSSR count). The first-order valence-corrected chi connectivity index (χ1v) is 3.93. The molecule has 0 saturated carbocycles. The van der Waals surface area contributed by atoms with E-state index in [4.69, 9.17) is 5.11 Å². The Labute approximate surface area is 79.2 Å². The molecule has 0 aliphatic rings. The predicted octanol–water partition coefficient (Wildman–Crippen LogP) is 0.991. The number of halogens is 2. The molecule has 0 atom stereocenters. The molecule has 78 valence electrons. The van der Waals surface area contributed by atoms with Crippen molar-refractivity contribution in [3.63, 3.8) is 0 Å². The number of carboxylic acids is 1. The molecule has 0 aromatic carbocycles. The van der Waals surface area contributed by atoms with Gasteiger partial charge in [-0.2, -0.15) is 13.9 Å². The van der Waals surface area contributed by atoms with E-state index in [9.17, 15) is 13.6 Å². The Hall–Kier alpha value is -1.46. The zero-order valence-electron chi connectivity index (χ0n) is 7.79. The van der Waals surface area contributed by atoms with E-state index in [0.717, 1.165) is 0 Å². The standard InChI is InChI=1S/C8H10F2N2O2/c1-5-3-6(11-12(5)2)4-8(9,10)7(13)14/h3H,4H2,1-2H3,(H,13,14). The lowest BCUT2D eigenvalue weighted by atomic mass is 10.2. The Morgan fingerprint density at radius 2 is 2.29 bits per heavy atom. The minimum Gasteiger partial charge on any atom is -0.477 e. The fourth-order valence-electron chi connectivity index (χ4n) is 1.02. The molecular weight excluding hydrogens is 194 g/mol. The fourth-order valence-corrected chi connectivity index (χ4v) is 1.02. The van der Waals surface area contributed by atoms with Crippen LogP contribution in [0.25, 0.3) is 0 Å². The van der Waals surface area contributed by atoms with Crippen molar-refractivity contribution in [2.45, 2.75) is 19.3 Å². The first kappa shape index (κ1) is 10.6. The maximum atomic E-state index is 12.7. The van der Waals surface area contributed by atoms with Gasteiger partial charge in [-0.1, -0.05) is 0 Å². The highest BCUT2D eigenvalue weighted by Gasteiger charge is 2.39. The number of carbonyl (C=O) groups is 1. The highest BCUT2D eigenvalue weighted by atomic mass is 19.3. The van der Waals surface area contributed by atoms with Crippen LogP contribution in [0, 0.1) is 6.92 Å². The van der Waals surface area contributed by atoms with Gasteiger partial charge in [-0.25, -0.2) is 4.79 Å². The fraction of sp³-hybridized carbons (Fsp3) is 0.500. The van der Waals surface area contributed by atoms with E-state index in [0.29, 0.717) is 5.69 Å². The van der Waals surface area contributed by atoms with Crippen LogP contribution in [-0.2, 0) is 18.3 Å². The monoisotopic (exact) mass is 204 g/mol. The summed E-state index contributed by atoms with van der Waals surface area (Å²) in [5.74, 6) is -5.87. The molecule has 1 heterocycles. The molecule has 0 bridgehead atoms. The minimum absolute atomic E-state index is 0.0809. The van der Waals surface area contributed by atoms with Gasteiger partial charge < -0.3 is 5.11 Å². The summed E-state index contributed by atoms with van der Waals surface area (Å²) in [6.45, 7) is 1.70. The molecular formula is C8H10F2N2O2. The van der Waals surface area contributed by atoms with Gasteiger partial charge >= 0.3 is 11.9 Å². The van der Waals surface area contributed by atoms with Crippen LogP contribution in [-0.4, -0.2) is 26.8 Å². The molecule has 0 amide bonds. The van der Waals surface area contributed by atoms with Gasteiger partial charge in [0.05, 0.1) is 12.1 Å². The van der Waals surface area contributed by atoms with Crippen LogP contribution < -0.4 is 0 Å². The second-order valence-electron chi connectivity index (χ2n) is 3.09.